The van der Waals surface area contributed by atoms with Gasteiger partial charge >= 0.3 is 0 Å². The predicted octanol–water partition coefficient (Wildman–Crippen LogP) is 5.07. The lowest BCUT2D eigenvalue weighted by atomic mass is 10.0. The molecule has 0 fully saturated rings. The molecule has 0 atom stereocenters. The zero-order valence-electron chi connectivity index (χ0n) is 14.7. The molecule has 0 unspecified atom stereocenters. The zero-order chi connectivity index (χ0) is 17.1. The summed E-state index contributed by atoms with van der Waals surface area (Å²) in [6.45, 7) is 4.36. The average Bonchev–Trinajstić information content (AvgIpc) is 2.52. The highest BCUT2D eigenvalue weighted by Crippen LogP contribution is 2.26. The number of ketones is 1. The van der Waals surface area contributed by atoms with Crippen molar-refractivity contribution in [3.05, 3.63) is 35.9 Å². The largest absolute Gasteiger partial charge is 0.504 e. The number of carbonyl (C=O) groups is 1. The smallest absolute Gasteiger partial charge is 0.160 e. The Kier molecular flexibility index (Phi) is 9.11. The molecule has 3 nitrogen and oxygen atoms in total. The topological polar surface area (TPSA) is 46.5 Å². The van der Waals surface area contributed by atoms with Crippen molar-refractivity contribution >= 4 is 5.78 Å². The molecule has 1 rings (SSSR count). The maximum Gasteiger partial charge on any atom is 0.160 e. The molecular formula is C20H30O3. The Morgan fingerprint density at radius 2 is 2.00 bits per heavy atom. The number of hydrogen-bond donors (Lipinski definition) is 1. The highest BCUT2D eigenvalue weighted by Gasteiger charge is 2.06. The van der Waals surface area contributed by atoms with Crippen molar-refractivity contribution in [2.24, 2.45) is 5.92 Å². The first-order valence-corrected chi connectivity index (χ1v) is 8.57. The van der Waals surface area contributed by atoms with Crippen molar-refractivity contribution in [2.45, 2.75) is 58.8 Å². The van der Waals surface area contributed by atoms with Gasteiger partial charge < -0.3 is 9.84 Å². The summed E-state index contributed by atoms with van der Waals surface area (Å²) in [6.07, 6.45) is 10.8. The van der Waals surface area contributed by atoms with Crippen LogP contribution in [0.2, 0.25) is 0 Å². The fourth-order valence-corrected chi connectivity index (χ4v) is 2.42. The van der Waals surface area contributed by atoms with E-state index < -0.39 is 0 Å². The van der Waals surface area contributed by atoms with Gasteiger partial charge in [-0.3, -0.25) is 4.79 Å². The molecule has 0 heterocycles. The predicted molar refractivity (Wildman–Crippen MR) is 95.0 cm³/mol. The summed E-state index contributed by atoms with van der Waals surface area (Å²) >= 11 is 0. The summed E-state index contributed by atoms with van der Waals surface area (Å²) < 4.78 is 5.08. The van der Waals surface area contributed by atoms with Crippen LogP contribution < -0.4 is 4.74 Å². The minimum Gasteiger partial charge on any atom is -0.504 e. The first-order chi connectivity index (χ1) is 11.0. The van der Waals surface area contributed by atoms with E-state index in [2.05, 4.69) is 26.0 Å². The van der Waals surface area contributed by atoms with Gasteiger partial charge in [-0.25, -0.2) is 0 Å². The van der Waals surface area contributed by atoms with Crippen LogP contribution in [-0.2, 0) is 11.2 Å². The van der Waals surface area contributed by atoms with Crippen molar-refractivity contribution in [2.75, 3.05) is 7.11 Å². The minimum absolute atomic E-state index is 0.133. The molecule has 0 aromatic heterocycles. The normalized spacial score (nSPS) is 11.3. The number of ether oxygens (including phenoxy) is 1. The number of hydrogen-bond acceptors (Lipinski definition) is 3. The van der Waals surface area contributed by atoms with E-state index in [4.69, 9.17) is 4.74 Å². The van der Waals surface area contributed by atoms with Gasteiger partial charge in [0.25, 0.3) is 0 Å². The van der Waals surface area contributed by atoms with E-state index in [9.17, 15) is 9.90 Å². The number of unbranched alkanes of at least 4 members (excludes halogenated alkanes) is 3. The maximum absolute atomic E-state index is 11.9. The van der Waals surface area contributed by atoms with Gasteiger partial charge in [-0.15, -0.1) is 0 Å². The molecule has 0 saturated carbocycles. The van der Waals surface area contributed by atoms with Crippen LogP contribution in [0.1, 0.15) is 57.9 Å². The van der Waals surface area contributed by atoms with Crippen LogP contribution in [0.4, 0.5) is 0 Å². The van der Waals surface area contributed by atoms with Gasteiger partial charge in [0.2, 0.25) is 0 Å². The molecule has 0 aliphatic heterocycles. The van der Waals surface area contributed by atoms with Crippen molar-refractivity contribution in [3.8, 4) is 11.5 Å². The third kappa shape index (κ3) is 8.44. The number of allylic oxidation sites excluding steroid dienone is 2. The van der Waals surface area contributed by atoms with Gasteiger partial charge in [0, 0.05) is 12.8 Å². The van der Waals surface area contributed by atoms with Gasteiger partial charge in [-0.2, -0.15) is 0 Å². The van der Waals surface area contributed by atoms with Crippen molar-refractivity contribution in [3.63, 3.8) is 0 Å². The van der Waals surface area contributed by atoms with Gasteiger partial charge in [0.15, 0.2) is 11.5 Å². The lowest BCUT2D eigenvalue weighted by molar-refractivity contribution is -0.119. The number of carbonyl (C=O) groups excluding carboxylic acids is 1. The fraction of sp³-hybridized carbons (Fsp3) is 0.550. The van der Waals surface area contributed by atoms with E-state index in [1.807, 2.05) is 6.07 Å². The zero-order valence-corrected chi connectivity index (χ0v) is 14.7. The van der Waals surface area contributed by atoms with E-state index in [-0.39, 0.29) is 5.75 Å². The molecule has 0 aliphatic rings. The van der Waals surface area contributed by atoms with E-state index in [1.54, 1.807) is 12.1 Å². The average molecular weight is 318 g/mol. The third-order valence-corrected chi connectivity index (χ3v) is 3.78. The van der Waals surface area contributed by atoms with Gasteiger partial charge in [0.1, 0.15) is 5.78 Å². The van der Waals surface area contributed by atoms with Crippen LogP contribution in [-0.4, -0.2) is 18.0 Å². The van der Waals surface area contributed by atoms with E-state index in [1.165, 1.54) is 7.11 Å². The number of methoxy groups -OCH3 is 1. The quantitative estimate of drug-likeness (QED) is 0.458. The van der Waals surface area contributed by atoms with Crippen LogP contribution in [0.25, 0.3) is 0 Å². The summed E-state index contributed by atoms with van der Waals surface area (Å²) in [5.41, 5.74) is 1.02. The molecular weight excluding hydrogens is 288 g/mol. The Balaban J connectivity index is 2.17. The van der Waals surface area contributed by atoms with E-state index >= 15 is 0 Å². The molecule has 1 N–H and O–H groups in total. The number of aromatic hydroxyl groups is 1. The monoisotopic (exact) mass is 318 g/mol. The second-order valence-corrected chi connectivity index (χ2v) is 6.32. The molecule has 1 aromatic rings. The standard InChI is InChI=1S/C20H30O3/c1-16(2)9-7-5-4-6-8-10-18(21)13-11-17-12-14-19(22)20(15-17)23-3/h7,9,12,14-16,22H,4-6,8,10-11,13H2,1-3H3/b9-7+. The Morgan fingerprint density at radius 3 is 2.70 bits per heavy atom. The van der Waals surface area contributed by atoms with Gasteiger partial charge in [-0.1, -0.05) is 38.5 Å². The molecule has 0 aliphatic carbocycles. The molecule has 3 heteroatoms. The van der Waals surface area contributed by atoms with Crippen molar-refractivity contribution in [1.29, 1.82) is 0 Å². The first kappa shape index (κ1) is 19.3. The molecule has 0 bridgehead atoms. The van der Waals surface area contributed by atoms with Crippen molar-refractivity contribution < 1.29 is 14.6 Å². The number of benzene rings is 1. The molecule has 0 spiro atoms. The molecule has 0 radical (unpaired) electrons. The van der Waals surface area contributed by atoms with Crippen LogP contribution in [0.3, 0.4) is 0 Å². The summed E-state index contributed by atoms with van der Waals surface area (Å²) in [5, 5.41) is 9.55. The van der Waals surface area contributed by atoms with E-state index in [0.717, 1.165) is 31.2 Å². The van der Waals surface area contributed by atoms with Crippen LogP contribution in [0.15, 0.2) is 30.4 Å². The van der Waals surface area contributed by atoms with Crippen molar-refractivity contribution in [1.82, 2.24) is 0 Å². The van der Waals surface area contributed by atoms with E-state index in [0.29, 0.717) is 36.7 Å². The first-order valence-electron chi connectivity index (χ1n) is 8.57. The number of phenols is 1. The highest BCUT2D eigenvalue weighted by atomic mass is 16.5. The summed E-state index contributed by atoms with van der Waals surface area (Å²) in [4.78, 5) is 11.9. The highest BCUT2D eigenvalue weighted by molar-refractivity contribution is 5.78. The SMILES string of the molecule is COc1cc(CCC(=O)CCCCC/C=C/C(C)C)ccc1O. The molecule has 1 aromatic carbocycles. The molecule has 0 amide bonds. The van der Waals surface area contributed by atoms with Crippen LogP contribution in [0, 0.1) is 5.92 Å². The van der Waals surface area contributed by atoms with Crippen LogP contribution >= 0.6 is 0 Å². The third-order valence-electron chi connectivity index (χ3n) is 3.78. The summed E-state index contributed by atoms with van der Waals surface area (Å²) in [5.74, 6) is 1.53. The second kappa shape index (κ2) is 10.9. The Bertz CT molecular complexity index is 504. The number of phenolic OH excluding ortho intramolecular Hbond substituents is 1. The Morgan fingerprint density at radius 1 is 1.22 bits per heavy atom. The maximum atomic E-state index is 11.9. The van der Waals surface area contributed by atoms with Gasteiger partial charge in [0.05, 0.1) is 7.11 Å². The second-order valence-electron chi connectivity index (χ2n) is 6.32. The number of aryl methyl sites for hydroxylation is 1. The molecule has 128 valence electrons. The van der Waals surface area contributed by atoms with Crippen LogP contribution in [0.5, 0.6) is 11.5 Å². The minimum atomic E-state index is 0.133. The Hall–Kier alpha value is -1.77. The molecule has 0 saturated heterocycles. The summed E-state index contributed by atoms with van der Waals surface area (Å²) in [7, 11) is 1.53. The molecule has 23 heavy (non-hydrogen) atoms. The lowest BCUT2D eigenvalue weighted by Gasteiger charge is -2.06. The fourth-order valence-electron chi connectivity index (χ4n) is 2.42. The Labute approximate surface area is 140 Å². The lowest BCUT2D eigenvalue weighted by Crippen LogP contribution is -2.00. The summed E-state index contributed by atoms with van der Waals surface area (Å²) in [6, 6.07) is 5.25. The number of rotatable bonds is 11. The van der Waals surface area contributed by atoms with Gasteiger partial charge in [-0.05, 0) is 49.3 Å². The number of Topliss-reactive ketones (excluding diaryl/α,β-unsaturated/α-hetero) is 1.